The molecule has 1 rings (SSSR count). The van der Waals surface area contributed by atoms with Gasteiger partial charge in [-0.2, -0.15) is 5.10 Å². The van der Waals surface area contributed by atoms with Crippen LogP contribution in [0.2, 0.25) is 0 Å². The first-order valence-electron chi connectivity index (χ1n) is 2.54. The highest BCUT2D eigenvalue weighted by Gasteiger charge is 2.02. The van der Waals surface area contributed by atoms with Gasteiger partial charge in [-0.05, 0) is 0 Å². The second-order valence-electron chi connectivity index (χ2n) is 1.70. The van der Waals surface area contributed by atoms with Crippen LogP contribution in [0.1, 0.15) is 5.69 Å². The molecule has 5 nitrogen and oxygen atoms in total. The van der Waals surface area contributed by atoms with Crippen LogP contribution in [0.4, 0.5) is 11.5 Å². The molecule has 50 valence electrons. The Morgan fingerprint density at radius 3 is 2.33 bits per heavy atom. The van der Waals surface area contributed by atoms with Crippen LogP contribution in [0.3, 0.4) is 0 Å². The number of aromatic nitrogens is 2. The lowest BCUT2D eigenvalue weighted by molar-refractivity contribution is 0.951. The smallest absolute Gasteiger partial charge is 0.142 e. The molecule has 0 aliphatic heterocycles. The van der Waals surface area contributed by atoms with E-state index in [4.69, 9.17) is 17.2 Å². The van der Waals surface area contributed by atoms with E-state index in [-0.39, 0.29) is 0 Å². The minimum absolute atomic E-state index is 0.319. The number of nitrogens with two attached hydrogens (primary N) is 3. The Hall–Kier alpha value is -1.23. The summed E-state index contributed by atoms with van der Waals surface area (Å²) in [5.41, 5.74) is 17.1. The monoisotopic (exact) mass is 127 g/mol. The van der Waals surface area contributed by atoms with Gasteiger partial charge in [0, 0.05) is 6.54 Å². The van der Waals surface area contributed by atoms with Gasteiger partial charge >= 0.3 is 0 Å². The lowest BCUT2D eigenvalue weighted by Gasteiger charge is -1.89. The molecule has 0 aliphatic carbocycles. The molecule has 0 saturated heterocycles. The zero-order chi connectivity index (χ0) is 6.85. The molecule has 0 saturated carbocycles. The fraction of sp³-hybridized carbons (Fsp3) is 0.250. The molecule has 0 radical (unpaired) electrons. The molecule has 7 N–H and O–H groups in total. The van der Waals surface area contributed by atoms with Gasteiger partial charge in [0.15, 0.2) is 0 Å². The summed E-state index contributed by atoms with van der Waals surface area (Å²) in [6.45, 7) is 0.319. The largest absolute Gasteiger partial charge is 0.394 e. The molecular weight excluding hydrogens is 118 g/mol. The molecule has 0 amide bonds. The maximum atomic E-state index is 5.41. The number of H-pyrrole nitrogens is 1. The van der Waals surface area contributed by atoms with Crippen molar-refractivity contribution in [2.75, 3.05) is 11.5 Å². The third-order valence-electron chi connectivity index (χ3n) is 1.11. The predicted octanol–water partition coefficient (Wildman–Crippen LogP) is -0.967. The van der Waals surface area contributed by atoms with Gasteiger partial charge in [0.2, 0.25) is 0 Å². The van der Waals surface area contributed by atoms with E-state index < -0.39 is 0 Å². The Kier molecular flexibility index (Phi) is 1.27. The first-order valence-corrected chi connectivity index (χ1v) is 2.54. The summed E-state index contributed by atoms with van der Waals surface area (Å²) in [4.78, 5) is 0. The van der Waals surface area contributed by atoms with Gasteiger partial charge in [-0.3, -0.25) is 5.10 Å². The summed E-state index contributed by atoms with van der Waals surface area (Å²) in [7, 11) is 0. The van der Waals surface area contributed by atoms with E-state index >= 15 is 0 Å². The van der Waals surface area contributed by atoms with E-state index in [1.165, 1.54) is 0 Å². The molecule has 0 spiro atoms. The summed E-state index contributed by atoms with van der Waals surface area (Å²) in [5.74, 6) is 0.385. The molecule has 0 bridgehead atoms. The summed E-state index contributed by atoms with van der Waals surface area (Å²) in [6, 6.07) is 0. The minimum Gasteiger partial charge on any atom is -0.394 e. The minimum atomic E-state index is 0.319. The molecule has 0 unspecified atom stereocenters. The van der Waals surface area contributed by atoms with E-state index in [0.717, 1.165) is 0 Å². The molecule has 1 heterocycles. The van der Waals surface area contributed by atoms with E-state index in [1.807, 2.05) is 0 Å². The zero-order valence-corrected chi connectivity index (χ0v) is 4.89. The lowest BCUT2D eigenvalue weighted by Crippen LogP contribution is -2.00. The van der Waals surface area contributed by atoms with Gasteiger partial charge < -0.3 is 17.2 Å². The number of nitrogens with zero attached hydrogens (tertiary/aromatic N) is 1. The highest BCUT2D eigenvalue weighted by atomic mass is 15.2. The second-order valence-corrected chi connectivity index (χ2v) is 1.70. The number of nitrogens with one attached hydrogen (secondary N) is 1. The Morgan fingerprint density at radius 2 is 2.11 bits per heavy atom. The van der Waals surface area contributed by atoms with Crippen LogP contribution in [0.25, 0.3) is 0 Å². The molecule has 5 heteroatoms. The molecule has 0 atom stereocenters. The van der Waals surface area contributed by atoms with Crippen molar-refractivity contribution in [2.45, 2.75) is 6.54 Å². The average Bonchev–Trinajstić information content (AvgIpc) is 2.15. The van der Waals surface area contributed by atoms with Crippen molar-refractivity contribution >= 4 is 11.5 Å². The molecule has 9 heavy (non-hydrogen) atoms. The third-order valence-corrected chi connectivity index (χ3v) is 1.11. The number of aromatic amines is 1. The summed E-state index contributed by atoms with van der Waals surface area (Å²) in [5, 5.41) is 6.24. The van der Waals surface area contributed by atoms with Crippen molar-refractivity contribution in [1.82, 2.24) is 10.2 Å². The quantitative estimate of drug-likeness (QED) is 0.389. The average molecular weight is 127 g/mol. The number of hydrogen-bond donors (Lipinski definition) is 4. The van der Waals surface area contributed by atoms with Crippen molar-refractivity contribution in [2.24, 2.45) is 5.73 Å². The Morgan fingerprint density at radius 1 is 1.44 bits per heavy atom. The topological polar surface area (TPSA) is 107 Å². The van der Waals surface area contributed by atoms with Gasteiger partial charge in [0.05, 0.1) is 5.69 Å². The van der Waals surface area contributed by atoms with Crippen molar-refractivity contribution < 1.29 is 0 Å². The fourth-order valence-corrected chi connectivity index (χ4v) is 0.559. The molecule has 0 aromatic carbocycles. The third kappa shape index (κ3) is 0.812. The second kappa shape index (κ2) is 1.94. The van der Waals surface area contributed by atoms with E-state index in [2.05, 4.69) is 10.2 Å². The molecule has 0 fully saturated rings. The maximum Gasteiger partial charge on any atom is 0.142 e. The maximum absolute atomic E-state index is 5.41. The summed E-state index contributed by atoms with van der Waals surface area (Å²) >= 11 is 0. The van der Waals surface area contributed by atoms with Gasteiger partial charge in [-0.25, -0.2) is 0 Å². The van der Waals surface area contributed by atoms with Gasteiger partial charge in [0.1, 0.15) is 11.5 Å². The SMILES string of the molecule is NCc1n[nH]c(N)c1N. The van der Waals surface area contributed by atoms with E-state index in [0.29, 0.717) is 23.7 Å². The van der Waals surface area contributed by atoms with Crippen LogP contribution in [0.5, 0.6) is 0 Å². The molecule has 0 aliphatic rings. The zero-order valence-electron chi connectivity index (χ0n) is 4.89. The number of hydrogen-bond acceptors (Lipinski definition) is 4. The first-order chi connectivity index (χ1) is 4.25. The number of rotatable bonds is 1. The van der Waals surface area contributed by atoms with Gasteiger partial charge in [0.25, 0.3) is 0 Å². The fourth-order valence-electron chi connectivity index (χ4n) is 0.559. The Labute approximate surface area is 52.2 Å². The number of nitrogen functional groups attached to an aromatic ring is 2. The highest BCUT2D eigenvalue weighted by molar-refractivity contribution is 5.60. The van der Waals surface area contributed by atoms with Crippen molar-refractivity contribution in [3.63, 3.8) is 0 Å². The van der Waals surface area contributed by atoms with Gasteiger partial charge in [-0.1, -0.05) is 0 Å². The predicted molar refractivity (Wildman–Crippen MR) is 35.3 cm³/mol. The van der Waals surface area contributed by atoms with Crippen LogP contribution >= 0.6 is 0 Å². The first kappa shape index (κ1) is 5.90. The van der Waals surface area contributed by atoms with Crippen LogP contribution in [0.15, 0.2) is 0 Å². The van der Waals surface area contributed by atoms with E-state index in [1.54, 1.807) is 0 Å². The van der Waals surface area contributed by atoms with Crippen LogP contribution in [-0.4, -0.2) is 10.2 Å². The van der Waals surface area contributed by atoms with Crippen molar-refractivity contribution in [3.05, 3.63) is 5.69 Å². The van der Waals surface area contributed by atoms with Gasteiger partial charge in [-0.15, -0.1) is 0 Å². The van der Waals surface area contributed by atoms with Crippen LogP contribution < -0.4 is 17.2 Å². The summed E-state index contributed by atoms with van der Waals surface area (Å²) in [6.07, 6.45) is 0. The van der Waals surface area contributed by atoms with Crippen LogP contribution in [0, 0.1) is 0 Å². The highest BCUT2D eigenvalue weighted by Crippen LogP contribution is 2.13. The van der Waals surface area contributed by atoms with Crippen molar-refractivity contribution in [3.8, 4) is 0 Å². The standard InChI is InChI=1S/C4H9N5/c5-1-2-3(6)4(7)9-8-2/h1,5-6H2,(H3,7,8,9). The molecule has 1 aromatic heterocycles. The molecule has 1 aromatic rings. The van der Waals surface area contributed by atoms with Crippen molar-refractivity contribution in [1.29, 1.82) is 0 Å². The normalized spacial score (nSPS) is 9.89. The Balaban J connectivity index is 3.04. The lowest BCUT2D eigenvalue weighted by atomic mass is 10.4. The van der Waals surface area contributed by atoms with E-state index in [9.17, 15) is 0 Å². The summed E-state index contributed by atoms with van der Waals surface area (Å²) < 4.78 is 0. The molecular formula is C4H9N5. The van der Waals surface area contributed by atoms with Crippen LogP contribution in [-0.2, 0) is 6.54 Å². The number of anilines is 2. The Bertz CT molecular complexity index is 203.